The number of primary sulfonamides is 1. The third kappa shape index (κ3) is 3.59. The van der Waals surface area contributed by atoms with Crippen LogP contribution in [0.3, 0.4) is 0 Å². The van der Waals surface area contributed by atoms with Gasteiger partial charge < -0.3 is 4.74 Å². The fourth-order valence-corrected chi connectivity index (χ4v) is 2.50. The zero-order valence-corrected chi connectivity index (χ0v) is 10.8. The van der Waals surface area contributed by atoms with Crippen molar-refractivity contribution in [3.05, 3.63) is 23.2 Å². The van der Waals surface area contributed by atoms with Gasteiger partial charge in [0.05, 0.1) is 6.61 Å². The first-order valence-corrected chi connectivity index (χ1v) is 7.34. The summed E-state index contributed by atoms with van der Waals surface area (Å²) in [5, 5.41) is 5.43. The van der Waals surface area contributed by atoms with Crippen LogP contribution in [0.4, 0.5) is 0 Å². The van der Waals surface area contributed by atoms with Gasteiger partial charge in [0.1, 0.15) is 10.6 Å². The molecule has 1 aromatic carbocycles. The molecule has 0 saturated heterocycles. The van der Waals surface area contributed by atoms with Gasteiger partial charge >= 0.3 is 0 Å². The maximum atomic E-state index is 11.4. The van der Waals surface area contributed by atoms with E-state index in [2.05, 4.69) is 0 Å². The van der Waals surface area contributed by atoms with Crippen molar-refractivity contribution in [2.24, 2.45) is 11.1 Å². The summed E-state index contributed by atoms with van der Waals surface area (Å²) in [5.74, 6) is 1.01. The molecule has 0 aromatic heterocycles. The fraction of sp³-hybridized carbons (Fsp3) is 0.455. The molecular weight excluding hydrogens is 262 g/mol. The highest BCUT2D eigenvalue weighted by molar-refractivity contribution is 7.89. The zero-order chi connectivity index (χ0) is 12.5. The third-order valence-electron chi connectivity index (χ3n) is 2.69. The van der Waals surface area contributed by atoms with Crippen molar-refractivity contribution < 1.29 is 13.2 Å². The topological polar surface area (TPSA) is 69.4 Å². The molecule has 2 rings (SSSR count). The van der Waals surface area contributed by atoms with E-state index >= 15 is 0 Å². The van der Waals surface area contributed by atoms with Crippen molar-refractivity contribution in [2.75, 3.05) is 6.61 Å². The molecule has 0 aliphatic heterocycles. The van der Waals surface area contributed by atoms with E-state index in [1.807, 2.05) is 0 Å². The molecule has 0 spiro atoms. The van der Waals surface area contributed by atoms with E-state index in [1.165, 1.54) is 25.0 Å². The summed E-state index contributed by atoms with van der Waals surface area (Å²) in [4.78, 5) is -0.0548. The third-order valence-corrected chi connectivity index (χ3v) is 3.86. The molecule has 0 heterocycles. The van der Waals surface area contributed by atoms with E-state index in [9.17, 15) is 8.42 Å². The lowest BCUT2D eigenvalue weighted by atomic mass is 10.3. The lowest BCUT2D eigenvalue weighted by molar-refractivity contribution is 0.295. The first-order chi connectivity index (χ1) is 7.97. The lowest BCUT2D eigenvalue weighted by Gasteiger charge is -2.10. The molecule has 0 unspecified atom stereocenters. The standard InChI is InChI=1S/C11H14ClNO3S/c12-9-3-4-10(11(7-9)17(13,14)15)16-6-5-8-1-2-8/h3-4,7-8H,1-2,5-6H2,(H2,13,14,15). The van der Waals surface area contributed by atoms with Gasteiger partial charge in [-0.05, 0) is 30.5 Å². The summed E-state index contributed by atoms with van der Waals surface area (Å²) in [6.07, 6.45) is 3.44. The highest BCUT2D eigenvalue weighted by Gasteiger charge is 2.21. The minimum Gasteiger partial charge on any atom is -0.492 e. The molecule has 2 N–H and O–H groups in total. The maximum absolute atomic E-state index is 11.4. The van der Waals surface area contributed by atoms with Crippen molar-refractivity contribution in [3.63, 3.8) is 0 Å². The number of hydrogen-bond donors (Lipinski definition) is 1. The average Bonchev–Trinajstić information content (AvgIpc) is 3.02. The van der Waals surface area contributed by atoms with Crippen LogP contribution in [-0.2, 0) is 10.0 Å². The van der Waals surface area contributed by atoms with Crippen LogP contribution in [-0.4, -0.2) is 15.0 Å². The quantitative estimate of drug-likeness (QED) is 0.895. The number of halogens is 1. The van der Waals surface area contributed by atoms with E-state index in [0.717, 1.165) is 12.3 Å². The van der Waals surface area contributed by atoms with Gasteiger partial charge in [0, 0.05) is 5.02 Å². The normalized spacial score (nSPS) is 15.9. The highest BCUT2D eigenvalue weighted by atomic mass is 35.5. The average molecular weight is 276 g/mol. The summed E-state index contributed by atoms with van der Waals surface area (Å²) in [6, 6.07) is 4.43. The Morgan fingerprint density at radius 1 is 1.41 bits per heavy atom. The lowest BCUT2D eigenvalue weighted by Crippen LogP contribution is -2.14. The van der Waals surface area contributed by atoms with Crippen LogP contribution in [0.15, 0.2) is 23.1 Å². The summed E-state index contributed by atoms with van der Waals surface area (Å²) in [7, 11) is -3.80. The number of benzene rings is 1. The van der Waals surface area contributed by atoms with Crippen LogP contribution in [0.1, 0.15) is 19.3 Å². The van der Waals surface area contributed by atoms with Crippen LogP contribution >= 0.6 is 11.6 Å². The second-order valence-electron chi connectivity index (χ2n) is 4.22. The summed E-state index contributed by atoms with van der Waals surface area (Å²) in [6.45, 7) is 0.509. The summed E-state index contributed by atoms with van der Waals surface area (Å²) < 4.78 is 28.2. The van der Waals surface area contributed by atoms with Crippen LogP contribution in [0, 0.1) is 5.92 Å². The van der Waals surface area contributed by atoms with Gasteiger partial charge in [0.25, 0.3) is 0 Å². The van der Waals surface area contributed by atoms with E-state index in [-0.39, 0.29) is 10.6 Å². The van der Waals surface area contributed by atoms with Crippen molar-refractivity contribution in [2.45, 2.75) is 24.2 Å². The fourth-order valence-electron chi connectivity index (χ4n) is 1.57. The monoisotopic (exact) mass is 275 g/mol. The molecule has 4 nitrogen and oxygen atoms in total. The van der Waals surface area contributed by atoms with Crippen molar-refractivity contribution in [1.82, 2.24) is 0 Å². The molecule has 17 heavy (non-hydrogen) atoms. The van der Waals surface area contributed by atoms with E-state index in [0.29, 0.717) is 11.6 Å². The second-order valence-corrected chi connectivity index (χ2v) is 6.18. The molecule has 94 valence electrons. The van der Waals surface area contributed by atoms with Crippen LogP contribution in [0.2, 0.25) is 5.02 Å². The minimum absolute atomic E-state index is 0.0548. The predicted molar refractivity (Wildman–Crippen MR) is 65.7 cm³/mol. The van der Waals surface area contributed by atoms with Crippen molar-refractivity contribution in [3.8, 4) is 5.75 Å². The molecule has 0 amide bonds. The van der Waals surface area contributed by atoms with E-state index in [4.69, 9.17) is 21.5 Å². The predicted octanol–water partition coefficient (Wildman–Crippen LogP) is 2.17. The largest absolute Gasteiger partial charge is 0.492 e. The molecule has 1 aromatic rings. The Kier molecular flexibility index (Phi) is 3.61. The Hall–Kier alpha value is -0.780. The Labute approximate surface area is 106 Å². The van der Waals surface area contributed by atoms with Gasteiger partial charge in [-0.25, -0.2) is 13.6 Å². The van der Waals surface area contributed by atoms with Crippen LogP contribution in [0.5, 0.6) is 5.75 Å². The molecule has 0 radical (unpaired) electrons. The van der Waals surface area contributed by atoms with Crippen LogP contribution in [0.25, 0.3) is 0 Å². The number of nitrogens with two attached hydrogens (primary N) is 1. The number of sulfonamides is 1. The smallest absolute Gasteiger partial charge is 0.241 e. The Morgan fingerprint density at radius 3 is 2.71 bits per heavy atom. The molecule has 0 atom stereocenters. The Bertz CT molecular complexity index is 511. The Balaban J connectivity index is 2.13. The maximum Gasteiger partial charge on any atom is 0.241 e. The number of rotatable bonds is 5. The molecule has 1 saturated carbocycles. The summed E-state index contributed by atoms with van der Waals surface area (Å²) in [5.41, 5.74) is 0. The molecule has 6 heteroatoms. The zero-order valence-electron chi connectivity index (χ0n) is 9.23. The van der Waals surface area contributed by atoms with E-state index < -0.39 is 10.0 Å². The minimum atomic E-state index is -3.80. The van der Waals surface area contributed by atoms with Crippen LogP contribution < -0.4 is 9.88 Å². The van der Waals surface area contributed by atoms with E-state index in [1.54, 1.807) is 6.07 Å². The molecule has 1 fully saturated rings. The Morgan fingerprint density at radius 2 is 2.12 bits per heavy atom. The van der Waals surface area contributed by atoms with Gasteiger partial charge in [-0.2, -0.15) is 0 Å². The van der Waals surface area contributed by atoms with Gasteiger partial charge in [-0.3, -0.25) is 0 Å². The second kappa shape index (κ2) is 4.84. The van der Waals surface area contributed by atoms with Gasteiger partial charge in [-0.1, -0.05) is 24.4 Å². The molecule has 1 aliphatic carbocycles. The first kappa shape index (κ1) is 12.7. The molecular formula is C11H14ClNO3S. The van der Waals surface area contributed by atoms with Gasteiger partial charge in [0.2, 0.25) is 10.0 Å². The molecule has 1 aliphatic rings. The number of ether oxygens (including phenoxy) is 1. The highest BCUT2D eigenvalue weighted by Crippen LogP contribution is 2.33. The van der Waals surface area contributed by atoms with Gasteiger partial charge in [0.15, 0.2) is 0 Å². The number of hydrogen-bond acceptors (Lipinski definition) is 3. The molecule has 0 bridgehead atoms. The first-order valence-electron chi connectivity index (χ1n) is 5.42. The van der Waals surface area contributed by atoms with Gasteiger partial charge in [-0.15, -0.1) is 0 Å². The van der Waals surface area contributed by atoms with Crippen molar-refractivity contribution in [1.29, 1.82) is 0 Å². The SMILES string of the molecule is NS(=O)(=O)c1cc(Cl)ccc1OCCC1CC1. The van der Waals surface area contributed by atoms with Crippen molar-refractivity contribution >= 4 is 21.6 Å². The summed E-state index contributed by atoms with van der Waals surface area (Å²) >= 11 is 5.74.